The molecule has 4 heterocycles. The van der Waals surface area contributed by atoms with Gasteiger partial charge in [-0.1, -0.05) is 20.4 Å². The second-order valence-corrected chi connectivity index (χ2v) is 12.8. The van der Waals surface area contributed by atoms with Crippen LogP contribution in [0.5, 0.6) is 28.7 Å². The minimum absolute atomic E-state index is 0. The Hall–Kier alpha value is -3.60. The van der Waals surface area contributed by atoms with E-state index in [1.165, 1.54) is 32.9 Å². The molecule has 0 amide bonds. The Labute approximate surface area is 271 Å². The molecule has 0 saturated carbocycles. The van der Waals surface area contributed by atoms with E-state index in [-0.39, 0.29) is 58.9 Å². The Kier molecular flexibility index (Phi) is 9.64. The summed E-state index contributed by atoms with van der Waals surface area (Å²) in [4.78, 5) is 27.5. The molecule has 7 atom stereocenters. The summed E-state index contributed by atoms with van der Waals surface area (Å²) in [6.07, 6.45) is 0.474. The third-order valence-corrected chi connectivity index (χ3v) is 10.7. The number of ether oxygens (including phenoxy) is 4. The lowest BCUT2D eigenvalue weighted by molar-refractivity contribution is -0.151. The first kappa shape index (κ1) is 34.3. The van der Waals surface area contributed by atoms with Crippen LogP contribution >= 0.6 is 11.8 Å². The fraction of sp³-hybridized carbons (Fsp3) is 0.531. The minimum atomic E-state index is -0.775. The highest BCUT2D eigenvalue weighted by molar-refractivity contribution is 7.99. The van der Waals surface area contributed by atoms with Crippen LogP contribution in [0.25, 0.3) is 0 Å². The standard InChI is InChI=1S/C31H35N3O8S.CH4.B.H2/c1-12-7-16-8-17-18(9-32)34-19-10-41-31(38)13(2)11-43-30(24(34)23(33-17)20(16)25(36)27(12)39-5)22-21(19)26(37)29(40-6)14(3)28(22)42-15(4)35;;;/h7,13,17-19,23-24,30,33,36-37H,8,10-11H2,1-6H3;1H4;;1H/t13-,17-,18-,19-,23+,24+,30+;;;/m0.../s1. The number of cyclic esters (lactones) is 1. The molecule has 3 radical (unpaired) electrons. The van der Waals surface area contributed by atoms with Crippen LogP contribution in [-0.4, -0.2) is 80.2 Å². The van der Waals surface area contributed by atoms with Gasteiger partial charge in [0.05, 0.1) is 43.5 Å². The number of nitrogens with zero attached hydrogens (tertiary/aromatic N) is 2. The number of rotatable bonds is 3. The SMILES string of the molecule is C.COc1c(C)cc2c(c1O)[C@H]1N[C@@H](C2)[C@H](C#N)N2[C@H]1[C@@H]1SC[C@H](C)C(=O)OC[C@H]2c2c(O)c(OC)c(C)c(OC(C)=O)c21.[B].[HH]. The number of aryl methyl sites for hydroxylation is 1. The molecule has 4 aliphatic rings. The van der Waals surface area contributed by atoms with Crippen molar-refractivity contribution in [2.24, 2.45) is 5.92 Å². The number of carbonyl (C=O) groups is 2. The maximum absolute atomic E-state index is 13.0. The summed E-state index contributed by atoms with van der Waals surface area (Å²) in [5.74, 6) is -0.283. The molecule has 13 heteroatoms. The van der Waals surface area contributed by atoms with Crippen LogP contribution in [0.1, 0.15) is 73.4 Å². The monoisotopic (exact) mass is 638 g/mol. The van der Waals surface area contributed by atoms with E-state index in [9.17, 15) is 25.1 Å². The van der Waals surface area contributed by atoms with Crippen molar-refractivity contribution in [3.05, 3.63) is 39.4 Å². The van der Waals surface area contributed by atoms with E-state index in [2.05, 4.69) is 11.4 Å². The third kappa shape index (κ3) is 5.07. The molecule has 2 saturated heterocycles. The van der Waals surface area contributed by atoms with Crippen LogP contribution in [0.15, 0.2) is 6.07 Å². The van der Waals surface area contributed by atoms with Crippen molar-refractivity contribution in [2.45, 2.75) is 77.0 Å². The Morgan fingerprint density at radius 1 is 1.16 bits per heavy atom. The fourth-order valence-corrected chi connectivity index (χ4v) is 8.99. The summed E-state index contributed by atoms with van der Waals surface area (Å²) in [7, 11) is 2.94. The number of carbonyl (C=O) groups excluding carboxylic acids is 2. The van der Waals surface area contributed by atoms with E-state index in [0.717, 1.165) is 11.1 Å². The quantitative estimate of drug-likeness (QED) is 0.253. The van der Waals surface area contributed by atoms with Crippen molar-refractivity contribution in [2.75, 3.05) is 26.6 Å². The third-order valence-electron chi connectivity index (χ3n) is 9.17. The molecular formula is C32H41BN3O8S. The lowest BCUT2D eigenvalue weighted by atomic mass is 9.72. The zero-order chi connectivity index (χ0) is 30.9. The van der Waals surface area contributed by atoms with Gasteiger partial charge in [-0.2, -0.15) is 17.0 Å². The molecule has 4 bridgehead atoms. The predicted octanol–water partition coefficient (Wildman–Crippen LogP) is 4.01. The van der Waals surface area contributed by atoms with E-state index < -0.39 is 41.3 Å². The number of phenols is 2. The molecule has 0 unspecified atom stereocenters. The van der Waals surface area contributed by atoms with Gasteiger partial charge in [0.1, 0.15) is 18.4 Å². The number of nitrogens with one attached hydrogen (secondary N) is 1. The molecule has 2 fully saturated rings. The number of nitriles is 1. The number of aromatic hydroxyl groups is 2. The van der Waals surface area contributed by atoms with Gasteiger partial charge in [0.25, 0.3) is 0 Å². The second kappa shape index (κ2) is 12.7. The topological polar surface area (TPSA) is 151 Å². The van der Waals surface area contributed by atoms with Gasteiger partial charge in [0.2, 0.25) is 0 Å². The highest BCUT2D eigenvalue weighted by atomic mass is 32.2. The summed E-state index contributed by atoms with van der Waals surface area (Å²) in [6, 6.07) is 1.78. The molecule has 11 nitrogen and oxygen atoms in total. The Bertz CT molecular complexity index is 1590. The average molecular weight is 639 g/mol. The Balaban J connectivity index is 0.00000192. The number of methoxy groups -OCH3 is 2. The van der Waals surface area contributed by atoms with Crippen LogP contribution < -0.4 is 19.5 Å². The molecule has 2 aromatic rings. The highest BCUT2D eigenvalue weighted by Gasteiger charge is 2.58. The van der Waals surface area contributed by atoms with Gasteiger partial charge >= 0.3 is 11.9 Å². The van der Waals surface area contributed by atoms with Crippen LogP contribution in [0.2, 0.25) is 0 Å². The fourth-order valence-electron chi connectivity index (χ4n) is 7.47. The zero-order valence-corrected chi connectivity index (χ0v) is 26.3. The van der Waals surface area contributed by atoms with Crippen LogP contribution in [0, 0.1) is 31.1 Å². The normalized spacial score (nSPS) is 28.0. The van der Waals surface area contributed by atoms with Crippen molar-refractivity contribution in [3.63, 3.8) is 0 Å². The average Bonchev–Trinajstić information content (AvgIpc) is 2.96. The predicted molar refractivity (Wildman–Crippen MR) is 171 cm³/mol. The molecule has 6 rings (SSSR count). The van der Waals surface area contributed by atoms with E-state index in [4.69, 9.17) is 18.9 Å². The van der Waals surface area contributed by atoms with E-state index >= 15 is 0 Å². The largest absolute Gasteiger partial charge is 0.504 e. The van der Waals surface area contributed by atoms with Gasteiger partial charge in [-0.15, -0.1) is 0 Å². The van der Waals surface area contributed by atoms with Crippen molar-refractivity contribution in [3.8, 4) is 34.8 Å². The molecule has 4 aliphatic heterocycles. The highest BCUT2D eigenvalue weighted by Crippen LogP contribution is 2.62. The van der Waals surface area contributed by atoms with E-state index in [1.807, 2.05) is 17.9 Å². The van der Waals surface area contributed by atoms with Crippen LogP contribution in [-0.2, 0) is 20.7 Å². The van der Waals surface area contributed by atoms with Gasteiger partial charge in [0, 0.05) is 56.9 Å². The van der Waals surface area contributed by atoms with Crippen LogP contribution in [0.3, 0.4) is 0 Å². The lowest BCUT2D eigenvalue weighted by Gasteiger charge is -2.59. The number of fused-ring (bicyclic) bond motifs is 7. The number of thioether (sulfide) groups is 1. The van der Waals surface area contributed by atoms with Gasteiger partial charge < -0.3 is 34.5 Å². The minimum Gasteiger partial charge on any atom is -0.504 e. The summed E-state index contributed by atoms with van der Waals surface area (Å²) in [5.41, 5.74) is 3.86. The number of hydrogen-bond donors (Lipinski definition) is 3. The zero-order valence-electron chi connectivity index (χ0n) is 25.5. The van der Waals surface area contributed by atoms with Gasteiger partial charge in [-0.25, -0.2) is 0 Å². The van der Waals surface area contributed by atoms with E-state index in [0.29, 0.717) is 40.2 Å². The maximum atomic E-state index is 13.0. The maximum Gasteiger partial charge on any atom is 0.309 e. The molecule has 0 aromatic heterocycles. The van der Waals surface area contributed by atoms with Gasteiger partial charge in [-0.05, 0) is 31.4 Å². The first-order valence-corrected chi connectivity index (χ1v) is 15.3. The van der Waals surface area contributed by atoms with Crippen molar-refractivity contribution < 1.29 is 40.2 Å². The molecular weight excluding hydrogens is 597 g/mol. The Morgan fingerprint density at radius 3 is 2.44 bits per heavy atom. The molecule has 0 aliphatic carbocycles. The number of esters is 2. The lowest BCUT2D eigenvalue weighted by Crippen LogP contribution is -2.69. The summed E-state index contributed by atoms with van der Waals surface area (Å²) >= 11 is 1.47. The smallest absolute Gasteiger partial charge is 0.309 e. The van der Waals surface area contributed by atoms with Gasteiger partial charge in [-0.3, -0.25) is 14.5 Å². The second-order valence-electron chi connectivity index (χ2n) is 11.7. The summed E-state index contributed by atoms with van der Waals surface area (Å²) in [6.45, 7) is 6.57. The van der Waals surface area contributed by atoms with Crippen molar-refractivity contribution in [1.29, 1.82) is 5.26 Å². The van der Waals surface area contributed by atoms with Gasteiger partial charge in [0.15, 0.2) is 23.0 Å². The molecule has 45 heavy (non-hydrogen) atoms. The molecule has 2 aromatic carbocycles. The number of hydrogen-bond acceptors (Lipinski definition) is 12. The Morgan fingerprint density at radius 2 is 1.82 bits per heavy atom. The van der Waals surface area contributed by atoms with Crippen molar-refractivity contribution in [1.82, 2.24) is 10.2 Å². The summed E-state index contributed by atoms with van der Waals surface area (Å²) in [5, 5.41) is 37.1. The first-order chi connectivity index (χ1) is 20.5. The van der Waals surface area contributed by atoms with Crippen LogP contribution in [0.4, 0.5) is 0 Å². The van der Waals surface area contributed by atoms with E-state index in [1.54, 1.807) is 13.8 Å². The molecule has 241 valence electrons. The number of benzene rings is 2. The number of phenolic OH excluding ortho intramolecular Hbond substituents is 2. The summed E-state index contributed by atoms with van der Waals surface area (Å²) < 4.78 is 22.9. The number of piperazine rings is 1. The van der Waals surface area contributed by atoms with Crippen molar-refractivity contribution >= 4 is 32.1 Å². The molecule has 0 spiro atoms. The first-order valence-electron chi connectivity index (χ1n) is 14.3. The molecule has 3 N–H and O–H groups in total.